The van der Waals surface area contributed by atoms with Crippen molar-refractivity contribution in [3.05, 3.63) is 22.6 Å². The number of hydrogen-bond donors (Lipinski definition) is 0. The van der Waals surface area contributed by atoms with E-state index in [1.54, 1.807) is 0 Å². The van der Waals surface area contributed by atoms with E-state index in [0.717, 1.165) is 12.3 Å². The van der Waals surface area contributed by atoms with Crippen LogP contribution in [0.15, 0.2) is 21.8 Å². The van der Waals surface area contributed by atoms with Gasteiger partial charge < -0.3 is 0 Å². The van der Waals surface area contributed by atoms with E-state index in [1.165, 1.54) is 6.20 Å². The molecule has 0 aliphatic heterocycles. The third-order valence-electron chi connectivity index (χ3n) is 1.13. The second kappa shape index (κ2) is 3.10. The van der Waals surface area contributed by atoms with Crippen LogP contribution in [0.3, 0.4) is 0 Å². The fourth-order valence-electron chi connectivity index (χ4n) is 0.675. The van der Waals surface area contributed by atoms with Crippen molar-refractivity contribution in [1.82, 2.24) is 4.98 Å². The molecule has 0 fully saturated rings. The van der Waals surface area contributed by atoms with E-state index >= 15 is 0 Å². The molecule has 66 valence electrons. The molecule has 0 radical (unpaired) electrons. The number of hydrogen-bond acceptors (Lipinski definition) is 3. The highest BCUT2D eigenvalue weighted by atomic mass is 79.9. The van der Waals surface area contributed by atoms with Crippen molar-refractivity contribution in [3.63, 3.8) is 0 Å². The van der Waals surface area contributed by atoms with Gasteiger partial charge in [0.05, 0.1) is 0 Å². The molecule has 0 bridgehead atoms. The molecule has 6 heteroatoms. The van der Waals surface area contributed by atoms with E-state index < -0.39 is 20.7 Å². The molecule has 0 aromatic carbocycles. The van der Waals surface area contributed by atoms with E-state index in [4.69, 9.17) is 0 Å². The first-order valence-electron chi connectivity index (χ1n) is 2.92. The van der Waals surface area contributed by atoms with Gasteiger partial charge in [-0.15, -0.1) is 0 Å². The highest BCUT2D eigenvalue weighted by molar-refractivity contribution is 9.10. The first-order valence-corrected chi connectivity index (χ1v) is 5.61. The smallest absolute Gasteiger partial charge is 0.195 e. The standard InChI is InChI=1S/C6H5BrFNO2S/c1-12(10,11)6-5(8)2-4(7)3-9-6/h2-3H,1H3. The fraction of sp³-hybridized carbons (Fsp3) is 0.167. The monoisotopic (exact) mass is 253 g/mol. The molecule has 0 saturated heterocycles. The van der Waals surface area contributed by atoms with E-state index in [0.29, 0.717) is 4.47 Å². The van der Waals surface area contributed by atoms with E-state index in [9.17, 15) is 12.8 Å². The fourth-order valence-corrected chi connectivity index (χ4v) is 1.64. The lowest BCUT2D eigenvalue weighted by atomic mass is 10.5. The summed E-state index contributed by atoms with van der Waals surface area (Å²) < 4.78 is 35.0. The van der Waals surface area contributed by atoms with Crippen molar-refractivity contribution in [2.75, 3.05) is 6.26 Å². The van der Waals surface area contributed by atoms with Crippen LogP contribution < -0.4 is 0 Å². The summed E-state index contributed by atoms with van der Waals surface area (Å²) in [4.78, 5) is 3.44. The van der Waals surface area contributed by atoms with Crippen molar-refractivity contribution >= 4 is 25.8 Å². The van der Waals surface area contributed by atoms with Gasteiger partial charge in [0, 0.05) is 16.9 Å². The maximum Gasteiger partial charge on any atom is 0.195 e. The van der Waals surface area contributed by atoms with Gasteiger partial charge in [-0.05, 0) is 22.0 Å². The second-order valence-corrected chi connectivity index (χ2v) is 5.06. The highest BCUT2D eigenvalue weighted by Gasteiger charge is 2.14. The Labute approximate surface area is 77.7 Å². The van der Waals surface area contributed by atoms with Crippen molar-refractivity contribution in [2.45, 2.75) is 5.03 Å². The number of halogens is 2. The topological polar surface area (TPSA) is 47.0 Å². The first-order chi connectivity index (χ1) is 5.41. The van der Waals surface area contributed by atoms with Gasteiger partial charge in [0.25, 0.3) is 0 Å². The minimum atomic E-state index is -3.56. The molecular weight excluding hydrogens is 249 g/mol. The summed E-state index contributed by atoms with van der Waals surface area (Å²) in [6.07, 6.45) is 2.14. The Morgan fingerprint density at radius 2 is 2.17 bits per heavy atom. The molecule has 0 aliphatic rings. The third-order valence-corrected chi connectivity index (χ3v) is 2.56. The zero-order valence-electron chi connectivity index (χ0n) is 6.08. The summed E-state index contributed by atoms with van der Waals surface area (Å²) in [5.74, 6) is -0.841. The zero-order chi connectivity index (χ0) is 9.35. The van der Waals surface area contributed by atoms with Crippen LogP contribution >= 0.6 is 15.9 Å². The Morgan fingerprint density at radius 1 is 1.58 bits per heavy atom. The SMILES string of the molecule is CS(=O)(=O)c1ncc(Br)cc1F. The molecule has 0 unspecified atom stereocenters. The quantitative estimate of drug-likeness (QED) is 0.760. The molecular formula is C6H5BrFNO2S. The molecule has 1 rings (SSSR count). The van der Waals surface area contributed by atoms with Crippen LogP contribution in [-0.4, -0.2) is 19.7 Å². The Bertz CT molecular complexity index is 404. The Kier molecular flexibility index (Phi) is 2.48. The molecule has 0 amide bonds. The first kappa shape index (κ1) is 9.60. The van der Waals surface area contributed by atoms with E-state index in [1.807, 2.05) is 0 Å². The maximum absolute atomic E-state index is 12.9. The number of rotatable bonds is 1. The van der Waals surface area contributed by atoms with Crippen LogP contribution in [-0.2, 0) is 9.84 Å². The lowest BCUT2D eigenvalue weighted by Gasteiger charge is -1.98. The van der Waals surface area contributed by atoms with Crippen LogP contribution in [0.4, 0.5) is 4.39 Å². The van der Waals surface area contributed by atoms with Gasteiger partial charge in [-0.1, -0.05) is 0 Å². The number of sulfone groups is 1. The van der Waals surface area contributed by atoms with Gasteiger partial charge in [0.2, 0.25) is 0 Å². The van der Waals surface area contributed by atoms with Gasteiger partial charge in [-0.2, -0.15) is 0 Å². The van der Waals surface area contributed by atoms with Crippen LogP contribution in [0.25, 0.3) is 0 Å². The van der Waals surface area contributed by atoms with Crippen LogP contribution in [0.5, 0.6) is 0 Å². The van der Waals surface area contributed by atoms with Crippen LogP contribution in [0.1, 0.15) is 0 Å². The summed E-state index contributed by atoms with van der Waals surface area (Å²) in [5, 5.41) is -0.522. The largest absolute Gasteiger partial charge is 0.241 e. The summed E-state index contributed by atoms with van der Waals surface area (Å²) in [6, 6.07) is 1.06. The molecule has 0 spiro atoms. The minimum absolute atomic E-state index is 0.410. The molecule has 0 N–H and O–H groups in total. The predicted octanol–water partition coefficient (Wildman–Crippen LogP) is 1.39. The zero-order valence-corrected chi connectivity index (χ0v) is 8.49. The van der Waals surface area contributed by atoms with Gasteiger partial charge in [-0.25, -0.2) is 17.8 Å². The molecule has 12 heavy (non-hydrogen) atoms. The Morgan fingerprint density at radius 3 is 2.58 bits per heavy atom. The average molecular weight is 254 g/mol. The average Bonchev–Trinajstić information content (AvgIpc) is 1.83. The summed E-state index contributed by atoms with van der Waals surface area (Å²) in [7, 11) is -3.56. The normalized spacial score (nSPS) is 11.6. The lowest BCUT2D eigenvalue weighted by Crippen LogP contribution is -2.03. The Hall–Kier alpha value is -0.490. The molecule has 3 nitrogen and oxygen atoms in total. The van der Waals surface area contributed by atoms with E-state index in [2.05, 4.69) is 20.9 Å². The predicted molar refractivity (Wildman–Crippen MR) is 45.0 cm³/mol. The van der Waals surface area contributed by atoms with Crippen LogP contribution in [0.2, 0.25) is 0 Å². The molecule has 1 aromatic heterocycles. The van der Waals surface area contributed by atoms with Crippen LogP contribution in [0, 0.1) is 5.82 Å². The minimum Gasteiger partial charge on any atom is -0.241 e. The number of aromatic nitrogens is 1. The summed E-state index contributed by atoms with van der Waals surface area (Å²) >= 11 is 2.97. The summed E-state index contributed by atoms with van der Waals surface area (Å²) in [6.45, 7) is 0. The van der Waals surface area contributed by atoms with Gasteiger partial charge >= 0.3 is 0 Å². The van der Waals surface area contributed by atoms with Crippen molar-refractivity contribution < 1.29 is 12.8 Å². The molecule has 0 saturated carbocycles. The third kappa shape index (κ3) is 2.01. The Balaban J connectivity index is 3.39. The molecule has 1 heterocycles. The van der Waals surface area contributed by atoms with Gasteiger partial charge in [-0.3, -0.25) is 0 Å². The number of pyridine rings is 1. The van der Waals surface area contributed by atoms with Gasteiger partial charge in [0.15, 0.2) is 20.7 Å². The van der Waals surface area contributed by atoms with Crippen molar-refractivity contribution in [1.29, 1.82) is 0 Å². The second-order valence-electron chi connectivity index (χ2n) is 2.21. The van der Waals surface area contributed by atoms with Gasteiger partial charge in [0.1, 0.15) is 0 Å². The lowest BCUT2D eigenvalue weighted by molar-refractivity contribution is 0.556. The molecule has 0 aliphatic carbocycles. The highest BCUT2D eigenvalue weighted by Crippen LogP contribution is 2.15. The maximum atomic E-state index is 12.9. The number of nitrogens with zero attached hydrogens (tertiary/aromatic N) is 1. The molecule has 0 atom stereocenters. The van der Waals surface area contributed by atoms with Crippen molar-refractivity contribution in [3.8, 4) is 0 Å². The van der Waals surface area contributed by atoms with E-state index in [-0.39, 0.29) is 0 Å². The van der Waals surface area contributed by atoms with Crippen molar-refractivity contribution in [2.24, 2.45) is 0 Å². The molecule has 1 aromatic rings. The summed E-state index contributed by atoms with van der Waals surface area (Å²) in [5.41, 5.74) is 0.